The number of ether oxygens (including phenoxy) is 2. The summed E-state index contributed by atoms with van der Waals surface area (Å²) in [6, 6.07) is 16.1. The quantitative estimate of drug-likeness (QED) is 0.832. The molecular weight excluding hydrogens is 354 g/mol. The Bertz CT molecular complexity index is 789. The lowest BCUT2D eigenvalue weighted by atomic mass is 10.1. The van der Waals surface area contributed by atoms with Gasteiger partial charge in [0, 0.05) is 44.5 Å². The number of hydrogen-bond acceptors (Lipinski definition) is 5. The summed E-state index contributed by atoms with van der Waals surface area (Å²) in [6.07, 6.45) is 1.07. The van der Waals surface area contributed by atoms with E-state index in [1.807, 2.05) is 18.2 Å². The summed E-state index contributed by atoms with van der Waals surface area (Å²) in [6.45, 7) is 6.44. The van der Waals surface area contributed by atoms with Crippen LogP contribution in [0.2, 0.25) is 0 Å². The highest BCUT2D eigenvalue weighted by molar-refractivity contribution is 5.92. The molecule has 2 aliphatic rings. The number of carbonyl (C=O) groups is 1. The van der Waals surface area contributed by atoms with Crippen molar-refractivity contribution in [2.24, 2.45) is 0 Å². The highest BCUT2D eigenvalue weighted by atomic mass is 16.6. The fourth-order valence-corrected chi connectivity index (χ4v) is 3.63. The van der Waals surface area contributed by atoms with E-state index in [-0.39, 0.29) is 5.91 Å². The Balaban J connectivity index is 1.20. The number of nitrogens with zero attached hydrogens (tertiary/aromatic N) is 2. The molecule has 28 heavy (non-hydrogen) atoms. The first-order valence-corrected chi connectivity index (χ1v) is 9.94. The van der Waals surface area contributed by atoms with Gasteiger partial charge in [-0.05, 0) is 24.1 Å². The van der Waals surface area contributed by atoms with Crippen LogP contribution in [0.5, 0.6) is 11.5 Å². The second-order valence-electron chi connectivity index (χ2n) is 7.26. The molecule has 1 saturated heterocycles. The van der Waals surface area contributed by atoms with Gasteiger partial charge in [0.15, 0.2) is 11.5 Å². The van der Waals surface area contributed by atoms with Crippen LogP contribution >= 0.6 is 0 Å². The second-order valence-corrected chi connectivity index (χ2v) is 7.26. The Morgan fingerprint density at radius 2 is 1.61 bits per heavy atom. The Hall–Kier alpha value is -2.57. The van der Waals surface area contributed by atoms with E-state index in [4.69, 9.17) is 9.47 Å². The lowest BCUT2D eigenvalue weighted by Gasteiger charge is -2.34. The number of rotatable bonds is 6. The summed E-state index contributed by atoms with van der Waals surface area (Å²) in [7, 11) is 0. The molecule has 1 amide bonds. The SMILES string of the molecule is O=C(CN1CCN(CCc2ccccc2)CC1)Nc1ccc2c(c1)OCCO2. The topological polar surface area (TPSA) is 54.0 Å². The molecular formula is C22H27N3O3. The zero-order valence-corrected chi connectivity index (χ0v) is 16.1. The molecule has 148 valence electrons. The molecule has 2 aliphatic heterocycles. The summed E-state index contributed by atoms with van der Waals surface area (Å²) < 4.78 is 11.1. The van der Waals surface area contributed by atoms with Crippen molar-refractivity contribution in [2.45, 2.75) is 6.42 Å². The van der Waals surface area contributed by atoms with E-state index in [0.29, 0.717) is 25.5 Å². The van der Waals surface area contributed by atoms with Gasteiger partial charge in [-0.3, -0.25) is 9.69 Å². The molecule has 0 aliphatic carbocycles. The van der Waals surface area contributed by atoms with Gasteiger partial charge in [0.1, 0.15) is 13.2 Å². The van der Waals surface area contributed by atoms with Crippen molar-refractivity contribution in [1.29, 1.82) is 0 Å². The lowest BCUT2D eigenvalue weighted by molar-refractivity contribution is -0.117. The largest absolute Gasteiger partial charge is 0.486 e. The maximum Gasteiger partial charge on any atom is 0.238 e. The molecule has 2 aromatic carbocycles. The van der Waals surface area contributed by atoms with E-state index >= 15 is 0 Å². The van der Waals surface area contributed by atoms with Crippen molar-refractivity contribution in [3.05, 3.63) is 54.1 Å². The van der Waals surface area contributed by atoms with Crippen molar-refractivity contribution in [2.75, 3.05) is 57.8 Å². The van der Waals surface area contributed by atoms with Gasteiger partial charge in [-0.2, -0.15) is 0 Å². The third-order valence-electron chi connectivity index (χ3n) is 5.22. The van der Waals surface area contributed by atoms with Gasteiger partial charge in [0.2, 0.25) is 5.91 Å². The number of nitrogens with one attached hydrogen (secondary N) is 1. The number of benzene rings is 2. The normalized spacial score (nSPS) is 17.3. The van der Waals surface area contributed by atoms with E-state index in [0.717, 1.165) is 50.6 Å². The zero-order chi connectivity index (χ0) is 19.2. The summed E-state index contributed by atoms with van der Waals surface area (Å²) in [5.74, 6) is 1.43. The number of hydrogen-bond donors (Lipinski definition) is 1. The van der Waals surface area contributed by atoms with Crippen LogP contribution in [0, 0.1) is 0 Å². The van der Waals surface area contributed by atoms with Gasteiger partial charge in [-0.25, -0.2) is 0 Å². The van der Waals surface area contributed by atoms with Crippen LogP contribution in [0.4, 0.5) is 5.69 Å². The molecule has 0 atom stereocenters. The van der Waals surface area contributed by atoms with E-state index in [2.05, 4.69) is 45.4 Å². The van der Waals surface area contributed by atoms with Crippen LogP contribution in [0.3, 0.4) is 0 Å². The minimum Gasteiger partial charge on any atom is -0.486 e. The fourth-order valence-electron chi connectivity index (χ4n) is 3.63. The van der Waals surface area contributed by atoms with Crippen LogP contribution in [0.1, 0.15) is 5.56 Å². The number of anilines is 1. The fraction of sp³-hybridized carbons (Fsp3) is 0.409. The van der Waals surface area contributed by atoms with Gasteiger partial charge < -0.3 is 19.7 Å². The van der Waals surface area contributed by atoms with E-state index in [1.54, 1.807) is 0 Å². The number of carbonyl (C=O) groups excluding carboxylic acids is 1. The Labute approximate surface area is 166 Å². The van der Waals surface area contributed by atoms with Crippen LogP contribution in [-0.2, 0) is 11.2 Å². The first-order chi connectivity index (χ1) is 13.8. The van der Waals surface area contributed by atoms with Gasteiger partial charge in [0.05, 0.1) is 6.54 Å². The van der Waals surface area contributed by atoms with Gasteiger partial charge in [-0.1, -0.05) is 30.3 Å². The molecule has 4 rings (SSSR count). The number of piperazine rings is 1. The first kappa shape index (κ1) is 18.8. The molecule has 1 N–H and O–H groups in total. The summed E-state index contributed by atoms with van der Waals surface area (Å²) >= 11 is 0. The van der Waals surface area contributed by atoms with Crippen molar-refractivity contribution >= 4 is 11.6 Å². The van der Waals surface area contributed by atoms with Gasteiger partial charge in [0.25, 0.3) is 0 Å². The minimum absolute atomic E-state index is 0.00872. The molecule has 0 bridgehead atoms. The Kier molecular flexibility index (Phi) is 6.09. The maximum atomic E-state index is 12.4. The summed E-state index contributed by atoms with van der Waals surface area (Å²) in [5, 5.41) is 2.97. The number of amides is 1. The third kappa shape index (κ3) is 5.03. The number of fused-ring (bicyclic) bond motifs is 1. The molecule has 6 nitrogen and oxygen atoms in total. The minimum atomic E-state index is 0.00872. The predicted octanol–water partition coefficient (Wildman–Crippen LogP) is 2.26. The van der Waals surface area contributed by atoms with E-state index in [9.17, 15) is 4.79 Å². The maximum absolute atomic E-state index is 12.4. The van der Waals surface area contributed by atoms with Crippen molar-refractivity contribution in [1.82, 2.24) is 9.80 Å². The lowest BCUT2D eigenvalue weighted by Crippen LogP contribution is -2.49. The first-order valence-electron chi connectivity index (χ1n) is 9.94. The second kappa shape index (κ2) is 9.08. The van der Waals surface area contributed by atoms with Gasteiger partial charge >= 0.3 is 0 Å². The van der Waals surface area contributed by atoms with Gasteiger partial charge in [-0.15, -0.1) is 0 Å². The summed E-state index contributed by atoms with van der Waals surface area (Å²) in [5.41, 5.74) is 2.12. The zero-order valence-electron chi connectivity index (χ0n) is 16.1. The molecule has 6 heteroatoms. The molecule has 0 radical (unpaired) electrons. The molecule has 1 fully saturated rings. The average Bonchev–Trinajstić information content (AvgIpc) is 2.74. The van der Waals surface area contributed by atoms with Crippen molar-refractivity contribution in [3.63, 3.8) is 0 Å². The molecule has 0 unspecified atom stereocenters. The molecule has 0 spiro atoms. The standard InChI is InChI=1S/C22H27N3O3/c26-22(23-19-6-7-20-21(16-19)28-15-14-27-20)17-25-12-10-24(11-13-25)9-8-18-4-2-1-3-5-18/h1-7,16H,8-15,17H2,(H,23,26). The monoisotopic (exact) mass is 381 g/mol. The highest BCUT2D eigenvalue weighted by Gasteiger charge is 2.19. The smallest absolute Gasteiger partial charge is 0.238 e. The van der Waals surface area contributed by atoms with E-state index < -0.39 is 0 Å². The summed E-state index contributed by atoms with van der Waals surface area (Å²) in [4.78, 5) is 17.1. The van der Waals surface area contributed by atoms with Crippen LogP contribution in [0.25, 0.3) is 0 Å². The van der Waals surface area contributed by atoms with Crippen LogP contribution in [0.15, 0.2) is 48.5 Å². The van der Waals surface area contributed by atoms with E-state index in [1.165, 1.54) is 5.56 Å². The predicted molar refractivity (Wildman–Crippen MR) is 109 cm³/mol. The molecule has 0 saturated carbocycles. The average molecular weight is 381 g/mol. The third-order valence-corrected chi connectivity index (χ3v) is 5.22. The Morgan fingerprint density at radius 1 is 0.893 bits per heavy atom. The Morgan fingerprint density at radius 3 is 2.39 bits per heavy atom. The van der Waals surface area contributed by atoms with Crippen molar-refractivity contribution < 1.29 is 14.3 Å². The van der Waals surface area contributed by atoms with Crippen molar-refractivity contribution in [3.8, 4) is 11.5 Å². The molecule has 2 aromatic rings. The van der Waals surface area contributed by atoms with Crippen LogP contribution in [-0.4, -0.2) is 68.2 Å². The molecule has 2 heterocycles. The van der Waals surface area contributed by atoms with Crippen LogP contribution < -0.4 is 14.8 Å². The highest BCUT2D eigenvalue weighted by Crippen LogP contribution is 2.32. The molecule has 0 aromatic heterocycles.